The number of rotatable bonds is 8. The monoisotopic (exact) mass is 489 g/mol. The van der Waals surface area contributed by atoms with Gasteiger partial charge in [-0.3, -0.25) is 14.2 Å². The van der Waals surface area contributed by atoms with Gasteiger partial charge in [0.15, 0.2) is 0 Å². The SMILES string of the molecule is CCOc1ccc(-n2c(C(C)N(CC)C(=O)C(Cl)c3ccccc3)nc3ccccc3c2=O)cc1. The van der Waals surface area contributed by atoms with Crippen molar-refractivity contribution in [3.05, 3.63) is 101 Å². The third-order valence-electron chi connectivity index (χ3n) is 5.98. The van der Waals surface area contributed by atoms with Crippen LogP contribution in [-0.4, -0.2) is 33.5 Å². The maximum atomic E-state index is 13.7. The summed E-state index contributed by atoms with van der Waals surface area (Å²) < 4.78 is 7.13. The lowest BCUT2D eigenvalue weighted by Gasteiger charge is -2.31. The fourth-order valence-corrected chi connectivity index (χ4v) is 4.48. The Balaban J connectivity index is 1.82. The Morgan fingerprint density at radius 2 is 1.66 bits per heavy atom. The summed E-state index contributed by atoms with van der Waals surface area (Å²) in [6, 6.07) is 23.3. The second-order valence-corrected chi connectivity index (χ2v) is 8.56. The van der Waals surface area contributed by atoms with Gasteiger partial charge in [-0.1, -0.05) is 42.5 Å². The number of alkyl halides is 1. The van der Waals surface area contributed by atoms with Crippen LogP contribution in [0.5, 0.6) is 5.75 Å². The summed E-state index contributed by atoms with van der Waals surface area (Å²) >= 11 is 6.60. The third kappa shape index (κ3) is 4.93. The number of aromatic nitrogens is 2. The first kappa shape index (κ1) is 24.5. The Kier molecular flexibility index (Phi) is 7.51. The van der Waals surface area contributed by atoms with Crippen LogP contribution in [0, 0.1) is 0 Å². The second kappa shape index (κ2) is 10.7. The maximum Gasteiger partial charge on any atom is 0.266 e. The molecular formula is C28H28ClN3O3. The van der Waals surface area contributed by atoms with Gasteiger partial charge in [0.1, 0.15) is 17.0 Å². The number of nitrogens with zero attached hydrogens (tertiary/aromatic N) is 3. The van der Waals surface area contributed by atoms with Crippen LogP contribution in [0.4, 0.5) is 0 Å². The van der Waals surface area contributed by atoms with Crippen molar-refractivity contribution in [3.63, 3.8) is 0 Å². The first-order valence-corrected chi connectivity index (χ1v) is 12.1. The first-order chi connectivity index (χ1) is 17.0. The van der Waals surface area contributed by atoms with Gasteiger partial charge in [0.2, 0.25) is 5.91 Å². The van der Waals surface area contributed by atoms with Crippen LogP contribution in [0.1, 0.15) is 43.6 Å². The highest BCUT2D eigenvalue weighted by Crippen LogP contribution is 2.29. The lowest BCUT2D eigenvalue weighted by Crippen LogP contribution is -2.39. The molecule has 0 radical (unpaired) electrons. The van der Waals surface area contributed by atoms with Crippen LogP contribution in [0.2, 0.25) is 0 Å². The molecule has 2 unspecified atom stereocenters. The van der Waals surface area contributed by atoms with Crippen molar-refractivity contribution in [2.24, 2.45) is 0 Å². The second-order valence-electron chi connectivity index (χ2n) is 8.13. The molecule has 6 nitrogen and oxygen atoms in total. The molecule has 4 aromatic rings. The van der Waals surface area contributed by atoms with E-state index in [0.717, 1.165) is 5.56 Å². The zero-order valence-corrected chi connectivity index (χ0v) is 20.8. The van der Waals surface area contributed by atoms with E-state index in [2.05, 4.69) is 0 Å². The molecule has 180 valence electrons. The van der Waals surface area contributed by atoms with Crippen LogP contribution in [0.3, 0.4) is 0 Å². The summed E-state index contributed by atoms with van der Waals surface area (Å²) in [4.78, 5) is 33.6. The molecule has 0 aliphatic rings. The van der Waals surface area contributed by atoms with Crippen molar-refractivity contribution in [2.45, 2.75) is 32.2 Å². The Bertz CT molecular complexity index is 1370. The molecule has 4 rings (SSSR count). The van der Waals surface area contributed by atoms with Crippen molar-refractivity contribution in [3.8, 4) is 11.4 Å². The smallest absolute Gasteiger partial charge is 0.266 e. The Hall–Kier alpha value is -3.64. The van der Waals surface area contributed by atoms with E-state index >= 15 is 0 Å². The highest BCUT2D eigenvalue weighted by atomic mass is 35.5. The molecule has 35 heavy (non-hydrogen) atoms. The summed E-state index contributed by atoms with van der Waals surface area (Å²) in [7, 11) is 0. The van der Waals surface area contributed by atoms with Crippen LogP contribution < -0.4 is 10.3 Å². The number of ether oxygens (including phenoxy) is 1. The highest BCUT2D eigenvalue weighted by molar-refractivity contribution is 6.30. The summed E-state index contributed by atoms with van der Waals surface area (Å²) in [5.74, 6) is 0.935. The lowest BCUT2D eigenvalue weighted by atomic mass is 10.1. The first-order valence-electron chi connectivity index (χ1n) is 11.7. The summed E-state index contributed by atoms with van der Waals surface area (Å²) in [5, 5.41) is -0.337. The molecule has 1 amide bonds. The maximum absolute atomic E-state index is 13.7. The minimum atomic E-state index is -0.843. The van der Waals surface area contributed by atoms with E-state index in [1.54, 1.807) is 15.5 Å². The fourth-order valence-electron chi connectivity index (χ4n) is 4.21. The van der Waals surface area contributed by atoms with Crippen LogP contribution in [0.25, 0.3) is 16.6 Å². The number of hydrogen-bond donors (Lipinski definition) is 0. The molecule has 7 heteroatoms. The number of benzene rings is 3. The standard InChI is InChI=1S/C28H28ClN3O3/c1-4-31(28(34)25(29)20-11-7-6-8-12-20)19(3)26-30-24-14-10-9-13-23(24)27(33)32(26)21-15-17-22(18-16-21)35-5-2/h6-19,25H,4-5H2,1-3H3. The minimum Gasteiger partial charge on any atom is -0.494 e. The Labute approximate surface area is 209 Å². The zero-order chi connectivity index (χ0) is 24.9. The topological polar surface area (TPSA) is 64.4 Å². The molecule has 1 heterocycles. The van der Waals surface area contributed by atoms with Crippen molar-refractivity contribution in [2.75, 3.05) is 13.2 Å². The van der Waals surface area contributed by atoms with E-state index in [1.807, 2.05) is 93.6 Å². The van der Waals surface area contributed by atoms with E-state index in [-0.39, 0.29) is 11.5 Å². The van der Waals surface area contributed by atoms with Crippen molar-refractivity contribution >= 4 is 28.4 Å². The number of hydrogen-bond acceptors (Lipinski definition) is 4. The van der Waals surface area contributed by atoms with Gasteiger partial charge in [-0.25, -0.2) is 4.98 Å². The van der Waals surface area contributed by atoms with E-state index in [0.29, 0.717) is 41.3 Å². The fraction of sp³-hybridized carbons (Fsp3) is 0.250. The average molecular weight is 490 g/mol. The Morgan fingerprint density at radius 1 is 1.00 bits per heavy atom. The molecule has 1 aromatic heterocycles. The molecule has 0 bridgehead atoms. The van der Waals surface area contributed by atoms with Crippen molar-refractivity contribution < 1.29 is 9.53 Å². The number of para-hydroxylation sites is 1. The number of likely N-dealkylation sites (N-methyl/N-ethyl adjacent to an activating group) is 1. The molecule has 3 aromatic carbocycles. The number of carbonyl (C=O) groups excluding carboxylic acids is 1. The normalized spacial score (nSPS) is 12.8. The molecule has 0 aliphatic carbocycles. The van der Waals surface area contributed by atoms with E-state index in [1.165, 1.54) is 0 Å². The van der Waals surface area contributed by atoms with Crippen molar-refractivity contribution in [1.29, 1.82) is 0 Å². The number of carbonyl (C=O) groups is 1. The number of fused-ring (bicyclic) bond motifs is 1. The van der Waals surface area contributed by atoms with E-state index < -0.39 is 11.4 Å². The predicted octanol–water partition coefficient (Wildman–Crippen LogP) is 5.67. The van der Waals surface area contributed by atoms with Crippen molar-refractivity contribution in [1.82, 2.24) is 14.5 Å². The average Bonchev–Trinajstić information content (AvgIpc) is 2.89. The molecule has 0 fully saturated rings. The third-order valence-corrected chi connectivity index (χ3v) is 6.42. The lowest BCUT2D eigenvalue weighted by molar-refractivity contribution is -0.133. The van der Waals surface area contributed by atoms with Gasteiger partial charge in [-0.2, -0.15) is 0 Å². The molecular weight excluding hydrogens is 462 g/mol. The molecule has 0 N–H and O–H groups in total. The van der Waals surface area contributed by atoms with E-state index in [9.17, 15) is 9.59 Å². The zero-order valence-electron chi connectivity index (χ0n) is 20.0. The number of amides is 1. The summed E-state index contributed by atoms with van der Waals surface area (Å²) in [6.45, 7) is 6.64. The molecule has 2 atom stereocenters. The predicted molar refractivity (Wildman–Crippen MR) is 139 cm³/mol. The van der Waals surface area contributed by atoms with Crippen LogP contribution >= 0.6 is 11.6 Å². The minimum absolute atomic E-state index is 0.199. The molecule has 0 spiro atoms. The van der Waals surface area contributed by atoms with Crippen LogP contribution in [-0.2, 0) is 4.79 Å². The molecule has 0 aliphatic heterocycles. The van der Waals surface area contributed by atoms with Crippen LogP contribution in [0.15, 0.2) is 83.7 Å². The van der Waals surface area contributed by atoms with Gasteiger partial charge in [0.25, 0.3) is 5.56 Å². The van der Waals surface area contributed by atoms with E-state index in [4.69, 9.17) is 21.3 Å². The van der Waals surface area contributed by atoms with Gasteiger partial charge in [-0.05, 0) is 62.7 Å². The Morgan fingerprint density at radius 3 is 2.31 bits per heavy atom. The van der Waals surface area contributed by atoms with Gasteiger partial charge in [-0.15, -0.1) is 11.6 Å². The van der Waals surface area contributed by atoms with Gasteiger partial charge in [0, 0.05) is 6.54 Å². The number of halogens is 1. The highest BCUT2D eigenvalue weighted by Gasteiger charge is 2.30. The van der Waals surface area contributed by atoms with Gasteiger partial charge in [0.05, 0.1) is 29.2 Å². The molecule has 0 saturated heterocycles. The summed E-state index contributed by atoms with van der Waals surface area (Å²) in [5.41, 5.74) is 1.75. The quantitative estimate of drug-likeness (QED) is 0.299. The largest absolute Gasteiger partial charge is 0.494 e. The van der Waals surface area contributed by atoms with Gasteiger partial charge < -0.3 is 9.64 Å². The molecule has 0 saturated carbocycles. The van der Waals surface area contributed by atoms with Gasteiger partial charge >= 0.3 is 0 Å². The summed E-state index contributed by atoms with van der Waals surface area (Å²) in [6.07, 6.45) is 0.